The lowest BCUT2D eigenvalue weighted by Gasteiger charge is -2.22. The lowest BCUT2D eigenvalue weighted by Crippen LogP contribution is -2.47. The standard InChI is InChI=1S/C28H36N4O8/c1-27(2,3)39-25(36)31-23(32-26(37)40-28(4,5)6)29-20-14-12-18(13-15-20)16-21(22(33)34)30-24(35)38-17-19-10-8-7-9-11-19/h7-15,21H,16-17H2,1-6H3,(H,30,35)(H,33,34)(H2,29,31,32,36,37). The lowest BCUT2D eigenvalue weighted by molar-refractivity contribution is -0.139. The number of guanidine groups is 1. The molecule has 1 unspecified atom stereocenters. The van der Waals surface area contributed by atoms with Gasteiger partial charge in [-0.15, -0.1) is 0 Å². The number of ether oxygens (including phenoxy) is 3. The van der Waals surface area contributed by atoms with Gasteiger partial charge in [-0.2, -0.15) is 0 Å². The number of carboxylic acid groups (broad SMARTS) is 1. The summed E-state index contributed by atoms with van der Waals surface area (Å²) in [5.41, 5.74) is 0.100. The molecule has 0 aliphatic heterocycles. The van der Waals surface area contributed by atoms with Crippen LogP contribution in [0.25, 0.3) is 0 Å². The number of amides is 3. The maximum atomic E-state index is 12.3. The molecule has 2 aromatic carbocycles. The second-order valence-corrected chi connectivity index (χ2v) is 10.7. The van der Waals surface area contributed by atoms with Crippen LogP contribution in [-0.4, -0.2) is 52.6 Å². The predicted molar refractivity (Wildman–Crippen MR) is 147 cm³/mol. The average Bonchev–Trinajstić information content (AvgIpc) is 2.81. The lowest BCUT2D eigenvalue weighted by atomic mass is 10.1. The molecule has 0 aromatic heterocycles. The van der Waals surface area contributed by atoms with E-state index in [1.807, 2.05) is 6.07 Å². The van der Waals surface area contributed by atoms with Crippen molar-refractivity contribution in [3.8, 4) is 0 Å². The summed E-state index contributed by atoms with van der Waals surface area (Å²) in [7, 11) is 0. The number of carbonyl (C=O) groups excluding carboxylic acids is 3. The van der Waals surface area contributed by atoms with Gasteiger partial charge in [-0.1, -0.05) is 42.5 Å². The van der Waals surface area contributed by atoms with Gasteiger partial charge in [0, 0.05) is 6.42 Å². The van der Waals surface area contributed by atoms with Crippen molar-refractivity contribution < 1.29 is 38.5 Å². The molecule has 3 amide bonds. The minimum atomic E-state index is -1.24. The molecule has 0 aliphatic carbocycles. The zero-order chi connectivity index (χ0) is 29.9. The summed E-state index contributed by atoms with van der Waals surface area (Å²) in [6, 6.07) is 14.1. The zero-order valence-electron chi connectivity index (χ0n) is 23.4. The Morgan fingerprint density at radius 3 is 1.77 bits per heavy atom. The molecule has 2 aromatic rings. The summed E-state index contributed by atoms with van der Waals surface area (Å²) in [6.07, 6.45) is -2.57. The zero-order valence-corrected chi connectivity index (χ0v) is 23.4. The number of benzene rings is 2. The number of carboxylic acids is 1. The first-order chi connectivity index (χ1) is 18.6. The molecule has 0 heterocycles. The Kier molecular flexibility index (Phi) is 11.0. The molecule has 2 rings (SSSR count). The van der Waals surface area contributed by atoms with Crippen LogP contribution in [-0.2, 0) is 32.0 Å². The first-order valence-corrected chi connectivity index (χ1v) is 12.5. The van der Waals surface area contributed by atoms with Crippen molar-refractivity contribution >= 4 is 35.9 Å². The summed E-state index contributed by atoms with van der Waals surface area (Å²) in [4.78, 5) is 52.7. The van der Waals surface area contributed by atoms with Gasteiger partial charge in [0.15, 0.2) is 0 Å². The van der Waals surface area contributed by atoms with Gasteiger partial charge in [-0.3, -0.25) is 10.6 Å². The van der Waals surface area contributed by atoms with Crippen LogP contribution in [0.4, 0.5) is 20.1 Å². The third-order valence-corrected chi connectivity index (χ3v) is 4.66. The van der Waals surface area contributed by atoms with Crippen LogP contribution in [0, 0.1) is 0 Å². The number of carbonyl (C=O) groups is 4. The second-order valence-electron chi connectivity index (χ2n) is 10.7. The molecule has 0 radical (unpaired) electrons. The molecule has 1 atom stereocenters. The molecule has 12 nitrogen and oxygen atoms in total. The fourth-order valence-electron chi connectivity index (χ4n) is 3.07. The third kappa shape index (κ3) is 12.8. The van der Waals surface area contributed by atoms with E-state index in [1.165, 1.54) is 0 Å². The van der Waals surface area contributed by atoms with E-state index in [4.69, 9.17) is 14.2 Å². The first kappa shape index (κ1) is 31.6. The van der Waals surface area contributed by atoms with Crippen molar-refractivity contribution in [1.82, 2.24) is 16.0 Å². The highest BCUT2D eigenvalue weighted by Gasteiger charge is 2.23. The van der Waals surface area contributed by atoms with E-state index in [1.54, 1.807) is 90.1 Å². The fraction of sp³-hybridized carbons (Fsp3) is 0.393. The average molecular weight is 557 g/mol. The Hall–Kier alpha value is -4.61. The van der Waals surface area contributed by atoms with Crippen LogP contribution in [0.3, 0.4) is 0 Å². The van der Waals surface area contributed by atoms with Gasteiger partial charge >= 0.3 is 24.2 Å². The number of aliphatic carboxylic acids is 1. The van der Waals surface area contributed by atoms with Crippen molar-refractivity contribution in [1.29, 1.82) is 0 Å². The highest BCUT2D eigenvalue weighted by molar-refractivity contribution is 6.02. The highest BCUT2D eigenvalue weighted by atomic mass is 16.6. The Labute approximate surface area is 233 Å². The molecule has 40 heavy (non-hydrogen) atoms. The van der Waals surface area contributed by atoms with Crippen LogP contribution in [0.15, 0.2) is 59.6 Å². The number of hydrogen-bond acceptors (Lipinski definition) is 8. The molecule has 0 aliphatic rings. The topological polar surface area (TPSA) is 165 Å². The molecule has 0 fully saturated rings. The van der Waals surface area contributed by atoms with Crippen LogP contribution in [0.5, 0.6) is 0 Å². The third-order valence-electron chi connectivity index (χ3n) is 4.66. The smallest absolute Gasteiger partial charge is 0.414 e. The van der Waals surface area contributed by atoms with Crippen molar-refractivity contribution in [2.75, 3.05) is 0 Å². The normalized spacial score (nSPS) is 11.8. The van der Waals surface area contributed by atoms with Crippen LogP contribution in [0.2, 0.25) is 0 Å². The Bertz CT molecular complexity index is 1170. The predicted octanol–water partition coefficient (Wildman–Crippen LogP) is 4.65. The molecule has 216 valence electrons. The maximum Gasteiger partial charge on any atom is 0.414 e. The van der Waals surface area contributed by atoms with Crippen LogP contribution in [0.1, 0.15) is 52.7 Å². The van der Waals surface area contributed by atoms with Gasteiger partial charge in [0.1, 0.15) is 23.9 Å². The van der Waals surface area contributed by atoms with Gasteiger partial charge < -0.3 is 24.6 Å². The Morgan fingerprint density at radius 1 is 0.775 bits per heavy atom. The van der Waals surface area contributed by atoms with E-state index in [0.717, 1.165) is 5.56 Å². The number of nitrogens with one attached hydrogen (secondary N) is 3. The molecular formula is C28H36N4O8. The second kappa shape index (κ2) is 14.0. The number of hydrogen-bond donors (Lipinski definition) is 4. The number of rotatable bonds is 7. The SMILES string of the molecule is CC(C)(C)OC(=O)NC(=Nc1ccc(CC(NC(=O)OCc2ccccc2)C(=O)O)cc1)NC(=O)OC(C)(C)C. The first-order valence-electron chi connectivity index (χ1n) is 12.5. The maximum absolute atomic E-state index is 12.3. The van der Waals surface area contributed by atoms with Crippen molar-refractivity contribution in [2.45, 2.75) is 71.8 Å². The monoisotopic (exact) mass is 556 g/mol. The van der Waals surface area contributed by atoms with Crippen LogP contribution >= 0.6 is 0 Å². The largest absolute Gasteiger partial charge is 0.480 e. The summed E-state index contributed by atoms with van der Waals surface area (Å²) >= 11 is 0. The molecule has 0 bridgehead atoms. The van der Waals surface area contributed by atoms with E-state index >= 15 is 0 Å². The molecule has 0 saturated heterocycles. The fourth-order valence-corrected chi connectivity index (χ4v) is 3.07. The molecule has 0 spiro atoms. The Morgan fingerprint density at radius 2 is 1.30 bits per heavy atom. The summed E-state index contributed by atoms with van der Waals surface area (Å²) in [6.45, 7) is 10.1. The number of alkyl carbamates (subject to hydrolysis) is 3. The summed E-state index contributed by atoms with van der Waals surface area (Å²) in [5, 5.41) is 16.7. The molecule has 0 saturated carbocycles. The Balaban J connectivity index is 2.10. The van der Waals surface area contributed by atoms with E-state index in [9.17, 15) is 24.3 Å². The molecule has 12 heteroatoms. The highest BCUT2D eigenvalue weighted by Crippen LogP contribution is 2.15. The van der Waals surface area contributed by atoms with E-state index in [2.05, 4.69) is 20.9 Å². The van der Waals surface area contributed by atoms with Gasteiger partial charge in [0.2, 0.25) is 5.96 Å². The van der Waals surface area contributed by atoms with E-state index in [-0.39, 0.29) is 19.0 Å². The number of aliphatic imine (C=N–C) groups is 1. The summed E-state index contributed by atoms with van der Waals surface area (Å²) < 4.78 is 15.6. The molecule has 4 N–H and O–H groups in total. The minimum absolute atomic E-state index is 0.00269. The van der Waals surface area contributed by atoms with Gasteiger partial charge in [0.25, 0.3) is 0 Å². The molecular weight excluding hydrogens is 520 g/mol. The van der Waals surface area contributed by atoms with Crippen molar-refractivity contribution in [2.24, 2.45) is 4.99 Å². The quantitative estimate of drug-likeness (QED) is 0.217. The van der Waals surface area contributed by atoms with Crippen molar-refractivity contribution in [3.63, 3.8) is 0 Å². The summed E-state index contributed by atoms with van der Waals surface area (Å²) in [5.74, 6) is -1.47. The van der Waals surface area contributed by atoms with Crippen LogP contribution < -0.4 is 16.0 Å². The minimum Gasteiger partial charge on any atom is -0.480 e. The van der Waals surface area contributed by atoms with E-state index in [0.29, 0.717) is 11.3 Å². The van der Waals surface area contributed by atoms with Gasteiger partial charge in [-0.05, 0) is 64.8 Å². The van der Waals surface area contributed by atoms with Crippen molar-refractivity contribution in [3.05, 3.63) is 65.7 Å². The number of nitrogens with zero attached hydrogens (tertiary/aromatic N) is 1. The van der Waals surface area contributed by atoms with Gasteiger partial charge in [0.05, 0.1) is 5.69 Å². The van der Waals surface area contributed by atoms with Gasteiger partial charge in [-0.25, -0.2) is 24.2 Å². The van der Waals surface area contributed by atoms with E-state index < -0.39 is 41.5 Å².